The zero-order valence-corrected chi connectivity index (χ0v) is 20.6. The normalized spacial score (nSPS) is 22.0. The second-order valence-corrected chi connectivity index (χ2v) is 10.2. The van der Waals surface area contributed by atoms with Gasteiger partial charge in [-0.2, -0.15) is 0 Å². The predicted molar refractivity (Wildman–Crippen MR) is 129 cm³/mol. The molecule has 0 radical (unpaired) electrons. The lowest BCUT2D eigenvalue weighted by atomic mass is 9.76. The van der Waals surface area contributed by atoms with E-state index in [1.165, 1.54) is 17.0 Å². The van der Waals surface area contributed by atoms with Gasteiger partial charge >= 0.3 is 0 Å². The first kappa shape index (κ1) is 26.0. The summed E-state index contributed by atoms with van der Waals surface area (Å²) in [5.41, 5.74) is 1.39. The minimum atomic E-state index is -0.214. The standard InChI is InChI=1S/C26H37FN2O3.ClH/c1-2-13-28(19-7-8-20-21(16-19)23(30)10-9-22(20)27)14-5-6-15-29-24(31)17-26(18-25(29)32)11-3-4-12-26;/h9-10,19,30H,2-8,11-18H2,1H3;1H/t19-;/m1./s1. The number of phenols is 1. The van der Waals surface area contributed by atoms with Crippen LogP contribution in [-0.2, 0) is 22.4 Å². The molecule has 2 fully saturated rings. The zero-order chi connectivity index (χ0) is 22.7. The molecule has 1 aliphatic heterocycles. The number of fused-ring (bicyclic) bond motifs is 1. The Balaban J connectivity index is 0.00000306. The van der Waals surface area contributed by atoms with E-state index in [1.54, 1.807) is 0 Å². The topological polar surface area (TPSA) is 60.9 Å². The molecule has 0 aromatic heterocycles. The summed E-state index contributed by atoms with van der Waals surface area (Å²) >= 11 is 0. The number of benzene rings is 1. The van der Waals surface area contributed by atoms with Crippen LogP contribution in [0.4, 0.5) is 4.39 Å². The Bertz CT molecular complexity index is 836. The summed E-state index contributed by atoms with van der Waals surface area (Å²) < 4.78 is 14.1. The first-order valence-corrected chi connectivity index (χ1v) is 12.5. The quantitative estimate of drug-likeness (QED) is 0.419. The highest BCUT2D eigenvalue weighted by atomic mass is 35.5. The van der Waals surface area contributed by atoms with Gasteiger partial charge in [-0.05, 0) is 87.6 Å². The highest BCUT2D eigenvalue weighted by molar-refractivity contribution is 5.98. The summed E-state index contributed by atoms with van der Waals surface area (Å²) in [7, 11) is 0. The second kappa shape index (κ2) is 11.2. The van der Waals surface area contributed by atoms with Gasteiger partial charge in [-0.15, -0.1) is 12.4 Å². The van der Waals surface area contributed by atoms with Crippen molar-refractivity contribution in [3.63, 3.8) is 0 Å². The molecule has 1 heterocycles. The molecule has 2 amide bonds. The molecule has 0 bridgehead atoms. The van der Waals surface area contributed by atoms with E-state index >= 15 is 0 Å². The summed E-state index contributed by atoms with van der Waals surface area (Å²) in [5.74, 6) is 0.0307. The SMILES string of the molecule is CCCN(CCCCN1C(=O)CC2(CCCC2)CC1=O)[C@@H]1CCc2c(F)ccc(O)c2C1.Cl. The van der Waals surface area contributed by atoms with Crippen LogP contribution in [-0.4, -0.2) is 52.4 Å². The van der Waals surface area contributed by atoms with Crippen molar-refractivity contribution in [3.05, 3.63) is 29.1 Å². The van der Waals surface area contributed by atoms with Crippen LogP contribution < -0.4 is 0 Å². The van der Waals surface area contributed by atoms with Crippen LogP contribution in [0.5, 0.6) is 5.75 Å². The molecule has 1 N–H and O–H groups in total. The number of phenolic OH excluding ortho intramolecular Hbond substituents is 1. The average Bonchev–Trinajstić information content (AvgIpc) is 3.21. The lowest BCUT2D eigenvalue weighted by Gasteiger charge is -2.37. The molecular formula is C26H38ClFN2O3. The Morgan fingerprint density at radius 2 is 1.79 bits per heavy atom. The molecule has 1 atom stereocenters. The number of carbonyl (C=O) groups excluding carboxylic acids is 2. The molecule has 1 saturated carbocycles. The van der Waals surface area contributed by atoms with Crippen LogP contribution in [0.3, 0.4) is 0 Å². The van der Waals surface area contributed by atoms with E-state index in [9.17, 15) is 19.1 Å². The molecule has 1 spiro atoms. The third-order valence-electron chi connectivity index (χ3n) is 7.94. The zero-order valence-electron chi connectivity index (χ0n) is 19.8. The Morgan fingerprint density at radius 1 is 1.09 bits per heavy atom. The summed E-state index contributed by atoms with van der Waals surface area (Å²) in [6.45, 7) is 4.53. The molecule has 0 unspecified atom stereocenters. The largest absolute Gasteiger partial charge is 0.508 e. The van der Waals surface area contributed by atoms with Crippen molar-refractivity contribution in [1.29, 1.82) is 0 Å². The fraction of sp³-hybridized carbons (Fsp3) is 0.692. The van der Waals surface area contributed by atoms with Gasteiger partial charge in [-0.3, -0.25) is 14.5 Å². The van der Waals surface area contributed by atoms with Crippen LogP contribution >= 0.6 is 12.4 Å². The lowest BCUT2D eigenvalue weighted by Crippen LogP contribution is -2.47. The molecule has 1 aromatic carbocycles. The number of nitrogens with zero attached hydrogens (tertiary/aromatic N) is 2. The predicted octanol–water partition coefficient (Wildman–Crippen LogP) is 5.01. The maximum absolute atomic E-state index is 14.1. The van der Waals surface area contributed by atoms with Crippen molar-refractivity contribution in [2.24, 2.45) is 5.41 Å². The van der Waals surface area contributed by atoms with Crippen molar-refractivity contribution in [2.45, 2.75) is 90.0 Å². The lowest BCUT2D eigenvalue weighted by molar-refractivity contribution is -0.153. The number of rotatable bonds is 8. The molecule has 1 aromatic rings. The summed E-state index contributed by atoms with van der Waals surface area (Å²) in [4.78, 5) is 29.3. The first-order chi connectivity index (χ1) is 15.4. The second-order valence-electron chi connectivity index (χ2n) is 10.2. The van der Waals surface area contributed by atoms with Gasteiger partial charge < -0.3 is 10.0 Å². The highest BCUT2D eigenvalue weighted by Gasteiger charge is 2.44. The third kappa shape index (κ3) is 5.71. The number of aromatic hydroxyl groups is 1. The number of unbranched alkanes of at least 4 members (excludes halogenated alkanes) is 1. The maximum Gasteiger partial charge on any atom is 0.229 e. The van der Waals surface area contributed by atoms with Crippen molar-refractivity contribution >= 4 is 24.2 Å². The summed E-state index contributed by atoms with van der Waals surface area (Å²) in [6.07, 6.45) is 10.4. The minimum Gasteiger partial charge on any atom is -0.508 e. The number of hydrogen-bond acceptors (Lipinski definition) is 4. The van der Waals surface area contributed by atoms with Gasteiger partial charge in [0.05, 0.1) is 0 Å². The number of hydrogen-bond donors (Lipinski definition) is 1. The van der Waals surface area contributed by atoms with Crippen LogP contribution in [0, 0.1) is 11.2 Å². The van der Waals surface area contributed by atoms with Crippen molar-refractivity contribution in [1.82, 2.24) is 9.80 Å². The number of piperidine rings is 1. The van der Waals surface area contributed by atoms with E-state index in [4.69, 9.17) is 0 Å². The average molecular weight is 481 g/mol. The maximum atomic E-state index is 14.1. The van der Waals surface area contributed by atoms with Gasteiger partial charge in [0.1, 0.15) is 11.6 Å². The van der Waals surface area contributed by atoms with Gasteiger partial charge in [0.25, 0.3) is 0 Å². The molecule has 184 valence electrons. The van der Waals surface area contributed by atoms with Crippen LogP contribution in [0.25, 0.3) is 0 Å². The third-order valence-corrected chi connectivity index (χ3v) is 7.94. The van der Waals surface area contributed by atoms with E-state index in [0.29, 0.717) is 37.8 Å². The van der Waals surface area contributed by atoms with Gasteiger partial charge in [-0.25, -0.2) is 4.39 Å². The van der Waals surface area contributed by atoms with E-state index in [2.05, 4.69) is 11.8 Å². The Morgan fingerprint density at radius 3 is 2.45 bits per heavy atom. The van der Waals surface area contributed by atoms with E-state index < -0.39 is 0 Å². The van der Waals surface area contributed by atoms with E-state index in [0.717, 1.165) is 70.0 Å². The molecule has 33 heavy (non-hydrogen) atoms. The fourth-order valence-corrected chi connectivity index (χ4v) is 6.22. The number of halogens is 2. The van der Waals surface area contributed by atoms with Crippen molar-refractivity contribution < 1.29 is 19.1 Å². The van der Waals surface area contributed by atoms with E-state index in [-0.39, 0.29) is 47.2 Å². The van der Waals surface area contributed by atoms with Crippen LogP contribution in [0.15, 0.2) is 12.1 Å². The van der Waals surface area contributed by atoms with Crippen molar-refractivity contribution in [2.75, 3.05) is 19.6 Å². The van der Waals surface area contributed by atoms with Gasteiger partial charge in [0.15, 0.2) is 0 Å². The Hall–Kier alpha value is -1.66. The molecule has 5 nitrogen and oxygen atoms in total. The van der Waals surface area contributed by atoms with E-state index in [1.807, 2.05) is 0 Å². The summed E-state index contributed by atoms with van der Waals surface area (Å²) in [5, 5.41) is 10.2. The molecular weight excluding hydrogens is 443 g/mol. The smallest absolute Gasteiger partial charge is 0.229 e. The van der Waals surface area contributed by atoms with Crippen molar-refractivity contribution in [3.8, 4) is 5.75 Å². The Labute approximate surface area is 203 Å². The number of carbonyl (C=O) groups is 2. The fourth-order valence-electron chi connectivity index (χ4n) is 6.22. The van der Waals surface area contributed by atoms with Crippen LogP contribution in [0.1, 0.15) is 82.3 Å². The van der Waals surface area contributed by atoms with Gasteiger partial charge in [0.2, 0.25) is 11.8 Å². The highest BCUT2D eigenvalue weighted by Crippen LogP contribution is 2.46. The van der Waals surface area contributed by atoms with Gasteiger partial charge in [0, 0.05) is 31.0 Å². The molecule has 2 aliphatic carbocycles. The molecule has 4 rings (SSSR count). The number of likely N-dealkylation sites (tertiary alicyclic amines) is 1. The molecule has 7 heteroatoms. The Kier molecular flexibility index (Phi) is 8.79. The first-order valence-electron chi connectivity index (χ1n) is 12.5. The molecule has 3 aliphatic rings. The van der Waals surface area contributed by atoms with Gasteiger partial charge in [-0.1, -0.05) is 19.8 Å². The van der Waals surface area contributed by atoms with Crippen LogP contribution in [0.2, 0.25) is 0 Å². The number of imide groups is 1. The minimum absolute atomic E-state index is 0. The monoisotopic (exact) mass is 480 g/mol. The number of amides is 2. The summed E-state index contributed by atoms with van der Waals surface area (Å²) in [6, 6.07) is 3.11. The molecule has 1 saturated heterocycles.